The molecule has 2 aromatic rings. The number of carbonyl (C=O) groups excluding carboxylic acids is 1. The zero-order valence-electron chi connectivity index (χ0n) is 17.7. The van der Waals surface area contributed by atoms with Gasteiger partial charge in [-0.2, -0.15) is 0 Å². The molecule has 1 saturated heterocycles. The second kappa shape index (κ2) is 10.1. The van der Waals surface area contributed by atoms with E-state index in [-0.39, 0.29) is 5.91 Å². The molecule has 1 fully saturated rings. The van der Waals surface area contributed by atoms with Gasteiger partial charge in [-0.1, -0.05) is 57.9 Å². The molecular weight excluding hydrogens is 474 g/mol. The monoisotopic (exact) mass is 499 g/mol. The highest BCUT2D eigenvalue weighted by molar-refractivity contribution is 9.10. The number of amides is 1. The van der Waals surface area contributed by atoms with Crippen molar-refractivity contribution in [3.05, 3.63) is 80.3 Å². The van der Waals surface area contributed by atoms with Crippen molar-refractivity contribution in [3.8, 4) is 0 Å². The second-order valence-electron chi connectivity index (χ2n) is 8.16. The number of carbonyl (C=O) groups is 1. The summed E-state index contributed by atoms with van der Waals surface area (Å²) in [6.07, 6.45) is 4.86. The zero-order valence-corrected chi connectivity index (χ0v) is 20.0. The molecule has 162 valence electrons. The number of piperazine rings is 1. The molecule has 4 rings (SSSR count). The first-order valence-corrected chi connectivity index (χ1v) is 11.8. The maximum Gasteiger partial charge on any atom is 0.252 e. The van der Waals surface area contributed by atoms with Crippen molar-refractivity contribution >= 4 is 45.1 Å². The molecule has 4 nitrogen and oxygen atoms in total. The number of hydrogen-bond donors (Lipinski definition) is 1. The van der Waals surface area contributed by atoms with Crippen LogP contribution in [0.2, 0.25) is 5.02 Å². The van der Waals surface area contributed by atoms with Crippen LogP contribution in [0.25, 0.3) is 11.6 Å². The Bertz CT molecular complexity index is 1010. The molecule has 1 heterocycles. The first-order chi connectivity index (χ1) is 15.0. The highest BCUT2D eigenvalue weighted by Crippen LogP contribution is 2.35. The summed E-state index contributed by atoms with van der Waals surface area (Å²) in [6, 6.07) is 13.9. The topological polar surface area (TPSA) is 35.6 Å². The highest BCUT2D eigenvalue weighted by atomic mass is 79.9. The standard InChI is InChI=1S/C25H27BrClN3O/c1-29-12-14-30(15-13-29)11-10-28-25(31)24-19(5-2-18-3-7-22(27)8-4-18)16-20-17-21(26)6-9-23(20)24/h2-9,17H,10-16H2,1H3,(H,28,31)/b5-2+. The Kier molecular flexibility index (Phi) is 7.28. The lowest BCUT2D eigenvalue weighted by Crippen LogP contribution is -2.47. The minimum absolute atomic E-state index is 0.00551. The summed E-state index contributed by atoms with van der Waals surface area (Å²) in [4.78, 5) is 17.9. The lowest BCUT2D eigenvalue weighted by molar-refractivity contribution is -0.115. The van der Waals surface area contributed by atoms with Crippen LogP contribution in [-0.2, 0) is 11.2 Å². The van der Waals surface area contributed by atoms with E-state index < -0.39 is 0 Å². The minimum atomic E-state index is 0.00551. The zero-order chi connectivity index (χ0) is 21.8. The molecule has 0 bridgehead atoms. The van der Waals surface area contributed by atoms with Gasteiger partial charge in [-0.25, -0.2) is 0 Å². The Morgan fingerprint density at radius 1 is 1.10 bits per heavy atom. The van der Waals surface area contributed by atoms with Crippen molar-refractivity contribution in [2.24, 2.45) is 0 Å². The predicted molar refractivity (Wildman–Crippen MR) is 132 cm³/mol. The number of benzene rings is 2. The van der Waals surface area contributed by atoms with E-state index in [1.165, 1.54) is 5.56 Å². The van der Waals surface area contributed by atoms with Crippen LogP contribution in [-0.4, -0.2) is 62.0 Å². The third kappa shape index (κ3) is 5.66. The Labute approximate surface area is 197 Å². The lowest BCUT2D eigenvalue weighted by Gasteiger charge is -2.32. The van der Waals surface area contributed by atoms with E-state index in [2.05, 4.69) is 50.2 Å². The maximum atomic E-state index is 13.2. The highest BCUT2D eigenvalue weighted by Gasteiger charge is 2.25. The molecule has 1 N–H and O–H groups in total. The number of allylic oxidation sites excluding steroid dienone is 2. The number of nitrogens with zero attached hydrogens (tertiary/aromatic N) is 2. The third-order valence-corrected chi connectivity index (χ3v) is 6.67. The summed E-state index contributed by atoms with van der Waals surface area (Å²) < 4.78 is 1.03. The van der Waals surface area contributed by atoms with E-state index in [1.807, 2.05) is 42.5 Å². The van der Waals surface area contributed by atoms with Crippen molar-refractivity contribution in [3.63, 3.8) is 0 Å². The van der Waals surface area contributed by atoms with Gasteiger partial charge in [-0.05, 0) is 60.0 Å². The Balaban J connectivity index is 1.49. The van der Waals surface area contributed by atoms with Crippen LogP contribution in [0.5, 0.6) is 0 Å². The molecule has 0 radical (unpaired) electrons. The molecule has 0 spiro atoms. The number of likely N-dealkylation sites (N-methyl/N-ethyl adjacent to an activating group) is 1. The summed E-state index contributed by atoms with van der Waals surface area (Å²) in [5, 5.41) is 3.88. The van der Waals surface area contributed by atoms with Crippen LogP contribution in [0.3, 0.4) is 0 Å². The summed E-state index contributed by atoms with van der Waals surface area (Å²) in [6.45, 7) is 5.83. The Hall–Kier alpha value is -1.92. The van der Waals surface area contributed by atoms with Gasteiger partial charge in [0.15, 0.2) is 0 Å². The van der Waals surface area contributed by atoms with Gasteiger partial charge >= 0.3 is 0 Å². The summed E-state index contributed by atoms with van der Waals surface area (Å²) >= 11 is 9.55. The number of rotatable bonds is 6. The van der Waals surface area contributed by atoms with E-state index in [0.717, 1.165) is 70.9 Å². The normalized spacial score (nSPS) is 17.4. The Morgan fingerprint density at radius 3 is 2.58 bits per heavy atom. The van der Waals surface area contributed by atoms with E-state index in [4.69, 9.17) is 11.6 Å². The van der Waals surface area contributed by atoms with Gasteiger partial charge in [0.2, 0.25) is 0 Å². The first-order valence-electron chi connectivity index (χ1n) is 10.6. The predicted octanol–water partition coefficient (Wildman–Crippen LogP) is 4.49. The second-order valence-corrected chi connectivity index (χ2v) is 9.52. The van der Waals surface area contributed by atoms with E-state index in [1.54, 1.807) is 0 Å². The van der Waals surface area contributed by atoms with E-state index >= 15 is 0 Å². The van der Waals surface area contributed by atoms with Gasteiger partial charge in [-0.3, -0.25) is 9.69 Å². The number of fused-ring (bicyclic) bond motifs is 1. The van der Waals surface area contributed by atoms with Crippen LogP contribution in [0, 0.1) is 0 Å². The van der Waals surface area contributed by atoms with Crippen molar-refractivity contribution in [2.45, 2.75) is 6.42 Å². The third-order valence-electron chi connectivity index (χ3n) is 5.92. The smallest absolute Gasteiger partial charge is 0.252 e. The molecule has 2 aliphatic rings. The fourth-order valence-corrected chi connectivity index (χ4v) is 4.62. The van der Waals surface area contributed by atoms with Crippen LogP contribution >= 0.6 is 27.5 Å². The lowest BCUT2D eigenvalue weighted by atomic mass is 10.0. The molecule has 0 unspecified atom stereocenters. The minimum Gasteiger partial charge on any atom is -0.351 e. The summed E-state index contributed by atoms with van der Waals surface area (Å²) in [5.41, 5.74) is 5.08. The van der Waals surface area contributed by atoms with Crippen LogP contribution in [0.15, 0.2) is 58.6 Å². The molecule has 1 aliphatic carbocycles. The van der Waals surface area contributed by atoms with Crippen LogP contribution in [0.4, 0.5) is 0 Å². The van der Waals surface area contributed by atoms with Crippen molar-refractivity contribution in [1.82, 2.24) is 15.1 Å². The van der Waals surface area contributed by atoms with Crippen LogP contribution < -0.4 is 5.32 Å². The van der Waals surface area contributed by atoms with Gasteiger partial charge < -0.3 is 10.2 Å². The number of halogens is 2. The first kappa shape index (κ1) is 22.3. The van der Waals surface area contributed by atoms with E-state index in [0.29, 0.717) is 6.54 Å². The van der Waals surface area contributed by atoms with Gasteiger partial charge in [-0.15, -0.1) is 0 Å². The average Bonchev–Trinajstić information content (AvgIpc) is 3.12. The molecule has 0 aromatic heterocycles. The molecule has 2 aromatic carbocycles. The number of hydrogen-bond acceptors (Lipinski definition) is 3. The van der Waals surface area contributed by atoms with Crippen molar-refractivity contribution in [1.29, 1.82) is 0 Å². The largest absolute Gasteiger partial charge is 0.351 e. The van der Waals surface area contributed by atoms with Crippen molar-refractivity contribution in [2.75, 3.05) is 46.3 Å². The SMILES string of the molecule is CN1CCN(CCNC(=O)C2=C(/C=C/c3ccc(Cl)cc3)Cc3cc(Br)ccc32)CC1. The quantitative estimate of drug-likeness (QED) is 0.635. The Morgan fingerprint density at radius 2 is 1.84 bits per heavy atom. The fourth-order valence-electron chi connectivity index (χ4n) is 4.09. The van der Waals surface area contributed by atoms with Gasteiger partial charge in [0, 0.05) is 48.8 Å². The molecule has 31 heavy (non-hydrogen) atoms. The average molecular weight is 501 g/mol. The molecule has 1 amide bonds. The van der Waals surface area contributed by atoms with Crippen LogP contribution in [0.1, 0.15) is 16.7 Å². The maximum absolute atomic E-state index is 13.2. The summed E-state index contributed by atoms with van der Waals surface area (Å²) in [7, 11) is 2.15. The summed E-state index contributed by atoms with van der Waals surface area (Å²) in [5.74, 6) is 0.00551. The van der Waals surface area contributed by atoms with Gasteiger partial charge in [0.1, 0.15) is 0 Å². The molecule has 6 heteroatoms. The van der Waals surface area contributed by atoms with E-state index in [9.17, 15) is 4.79 Å². The molecule has 0 saturated carbocycles. The molecule has 0 atom stereocenters. The van der Waals surface area contributed by atoms with Gasteiger partial charge in [0.25, 0.3) is 5.91 Å². The van der Waals surface area contributed by atoms with Gasteiger partial charge in [0.05, 0.1) is 5.57 Å². The fraction of sp³-hybridized carbons (Fsp3) is 0.320. The van der Waals surface area contributed by atoms with Crippen molar-refractivity contribution < 1.29 is 4.79 Å². The molecule has 1 aliphatic heterocycles. The number of nitrogens with one attached hydrogen (secondary N) is 1. The molecular formula is C25H27BrClN3O.